The predicted molar refractivity (Wildman–Crippen MR) is 106 cm³/mol. The summed E-state index contributed by atoms with van der Waals surface area (Å²) in [7, 11) is 0. The van der Waals surface area contributed by atoms with Gasteiger partial charge in [0.1, 0.15) is 23.6 Å². The number of hydrogen-bond acceptors (Lipinski definition) is 7. The predicted octanol–water partition coefficient (Wildman–Crippen LogP) is 2.40. The maximum Gasteiger partial charge on any atom is 0.514 e. The lowest BCUT2D eigenvalue weighted by atomic mass is 9.94. The molecule has 3 fully saturated rings. The molecule has 2 unspecified atom stereocenters. The Morgan fingerprint density at radius 1 is 1.30 bits per heavy atom. The number of hydrogen-bond donors (Lipinski definition) is 2. The summed E-state index contributed by atoms with van der Waals surface area (Å²) < 4.78 is 25.1. The second-order valence-electron chi connectivity index (χ2n) is 8.14. The number of halogens is 1. The standard InChI is InChI=1S/C21H21FN4O4/c22-15-6-13-18(25-8-17(20(13)27)30-21(28)29-12-3-4-12)14(7-23)19(15)26-9-11-2-1-5-24-16(11)10-26/h6,8,11-12,16,24H,1-5,9-10H2,(H,25,27). The van der Waals surface area contributed by atoms with Gasteiger partial charge in [-0.15, -0.1) is 0 Å². The van der Waals surface area contributed by atoms with Crippen LogP contribution in [0.5, 0.6) is 5.75 Å². The highest BCUT2D eigenvalue weighted by molar-refractivity contribution is 5.91. The van der Waals surface area contributed by atoms with Crippen LogP contribution < -0.4 is 20.4 Å². The van der Waals surface area contributed by atoms with E-state index in [0.29, 0.717) is 19.0 Å². The van der Waals surface area contributed by atoms with Crippen molar-refractivity contribution >= 4 is 22.7 Å². The molecule has 0 amide bonds. The maximum atomic E-state index is 15.2. The third-order valence-corrected chi connectivity index (χ3v) is 6.08. The molecule has 1 aliphatic carbocycles. The van der Waals surface area contributed by atoms with Gasteiger partial charge in [0.25, 0.3) is 0 Å². The highest BCUT2D eigenvalue weighted by atomic mass is 19.1. The van der Waals surface area contributed by atoms with E-state index >= 15 is 4.39 Å². The fourth-order valence-electron chi connectivity index (χ4n) is 4.46. The molecule has 9 heteroatoms. The van der Waals surface area contributed by atoms with Gasteiger partial charge in [0.15, 0.2) is 5.75 Å². The number of rotatable bonds is 3. The lowest BCUT2D eigenvalue weighted by molar-refractivity contribution is 0.0921. The normalized spacial score (nSPS) is 23.1. The quantitative estimate of drug-likeness (QED) is 0.746. The van der Waals surface area contributed by atoms with E-state index in [9.17, 15) is 14.9 Å². The first-order valence-corrected chi connectivity index (χ1v) is 10.2. The molecule has 2 aromatic rings. The van der Waals surface area contributed by atoms with Gasteiger partial charge in [-0.2, -0.15) is 5.26 Å². The van der Waals surface area contributed by atoms with Gasteiger partial charge in [-0.05, 0) is 44.2 Å². The number of benzene rings is 1. The van der Waals surface area contributed by atoms with Crippen LogP contribution >= 0.6 is 0 Å². The van der Waals surface area contributed by atoms with Crippen molar-refractivity contribution in [3.63, 3.8) is 0 Å². The van der Waals surface area contributed by atoms with Crippen LogP contribution in [-0.2, 0) is 4.74 Å². The number of nitrogens with one attached hydrogen (secondary N) is 2. The topological polar surface area (TPSA) is 107 Å². The minimum absolute atomic E-state index is 0.0424. The minimum atomic E-state index is -0.966. The number of ether oxygens (including phenoxy) is 2. The first-order chi connectivity index (χ1) is 14.5. The zero-order valence-corrected chi connectivity index (χ0v) is 16.2. The number of H-pyrrole nitrogens is 1. The summed E-state index contributed by atoms with van der Waals surface area (Å²) in [5.74, 6) is -0.519. The first kappa shape index (κ1) is 18.9. The summed E-state index contributed by atoms with van der Waals surface area (Å²) in [6.07, 6.45) is 3.78. The van der Waals surface area contributed by atoms with Crippen LogP contribution in [0.4, 0.5) is 14.9 Å². The number of aromatic amines is 1. The molecule has 3 aliphatic rings. The number of fused-ring (bicyclic) bond motifs is 2. The Kier molecular flexibility index (Phi) is 4.59. The van der Waals surface area contributed by atoms with Gasteiger partial charge in [-0.3, -0.25) is 4.79 Å². The van der Waals surface area contributed by atoms with Crippen molar-refractivity contribution < 1.29 is 18.7 Å². The van der Waals surface area contributed by atoms with Crippen LogP contribution in [0.15, 0.2) is 17.1 Å². The van der Waals surface area contributed by atoms with Gasteiger partial charge < -0.3 is 24.7 Å². The van der Waals surface area contributed by atoms with Crippen molar-refractivity contribution in [2.24, 2.45) is 5.92 Å². The monoisotopic (exact) mass is 412 g/mol. The van der Waals surface area contributed by atoms with E-state index in [4.69, 9.17) is 9.47 Å². The third-order valence-electron chi connectivity index (χ3n) is 6.08. The highest BCUT2D eigenvalue weighted by Gasteiger charge is 2.37. The van der Waals surface area contributed by atoms with Crippen molar-refractivity contribution in [2.75, 3.05) is 24.5 Å². The van der Waals surface area contributed by atoms with E-state index in [1.54, 1.807) is 0 Å². The molecule has 8 nitrogen and oxygen atoms in total. The third kappa shape index (κ3) is 3.27. The van der Waals surface area contributed by atoms with Gasteiger partial charge in [0.05, 0.1) is 16.6 Å². The lowest BCUT2D eigenvalue weighted by Gasteiger charge is -2.24. The molecule has 0 radical (unpaired) electrons. The van der Waals surface area contributed by atoms with Gasteiger partial charge in [-0.25, -0.2) is 9.18 Å². The van der Waals surface area contributed by atoms with Crippen LogP contribution in [0.3, 0.4) is 0 Å². The largest absolute Gasteiger partial charge is 0.514 e. The van der Waals surface area contributed by atoms with Crippen LogP contribution in [0.1, 0.15) is 31.2 Å². The molecule has 2 saturated heterocycles. The second kappa shape index (κ2) is 7.29. The zero-order chi connectivity index (χ0) is 20.8. The fraction of sp³-hybridized carbons (Fsp3) is 0.476. The Labute approximate surface area is 171 Å². The van der Waals surface area contributed by atoms with Crippen LogP contribution in [0.2, 0.25) is 0 Å². The Morgan fingerprint density at radius 3 is 2.87 bits per heavy atom. The highest BCUT2D eigenvalue weighted by Crippen LogP contribution is 2.35. The number of piperidine rings is 1. The fourth-order valence-corrected chi connectivity index (χ4v) is 4.46. The van der Waals surface area contributed by atoms with E-state index < -0.39 is 17.4 Å². The van der Waals surface area contributed by atoms with E-state index in [0.717, 1.165) is 38.3 Å². The maximum absolute atomic E-state index is 15.2. The molecule has 1 aromatic carbocycles. The lowest BCUT2D eigenvalue weighted by Crippen LogP contribution is -2.40. The van der Waals surface area contributed by atoms with E-state index in [1.807, 2.05) is 4.90 Å². The van der Waals surface area contributed by atoms with Crippen molar-refractivity contribution in [3.8, 4) is 11.8 Å². The van der Waals surface area contributed by atoms with Crippen LogP contribution in [0.25, 0.3) is 10.9 Å². The molecule has 30 heavy (non-hydrogen) atoms. The minimum Gasteiger partial charge on any atom is -0.431 e. The Morgan fingerprint density at radius 2 is 2.13 bits per heavy atom. The molecule has 2 aliphatic heterocycles. The number of aromatic nitrogens is 1. The summed E-state index contributed by atoms with van der Waals surface area (Å²) >= 11 is 0. The number of carbonyl (C=O) groups is 1. The second-order valence-corrected chi connectivity index (χ2v) is 8.14. The molecule has 0 spiro atoms. The summed E-state index contributed by atoms with van der Waals surface area (Å²) in [5.41, 5.74) is -0.161. The molecular weight excluding hydrogens is 391 g/mol. The Hall–Kier alpha value is -3.12. The van der Waals surface area contributed by atoms with Gasteiger partial charge >= 0.3 is 6.16 Å². The average Bonchev–Trinajstić information content (AvgIpc) is 3.44. The smallest absolute Gasteiger partial charge is 0.431 e. The number of nitriles is 1. The summed E-state index contributed by atoms with van der Waals surface area (Å²) in [5, 5.41) is 13.2. The van der Waals surface area contributed by atoms with Gasteiger partial charge in [-0.1, -0.05) is 0 Å². The molecule has 2 atom stereocenters. The zero-order valence-electron chi connectivity index (χ0n) is 16.2. The van der Waals surface area contributed by atoms with Crippen LogP contribution in [-0.4, -0.2) is 42.9 Å². The average molecular weight is 412 g/mol. The first-order valence-electron chi connectivity index (χ1n) is 10.2. The molecule has 156 valence electrons. The SMILES string of the molecule is N#Cc1c(N2CC3CCCNC3C2)c(F)cc2c(=O)c(OC(=O)OC3CC3)c[nH]c12. The molecule has 5 rings (SSSR count). The molecule has 1 aromatic heterocycles. The van der Waals surface area contributed by atoms with Gasteiger partial charge in [0.2, 0.25) is 5.43 Å². The number of pyridine rings is 1. The molecule has 0 bridgehead atoms. The summed E-state index contributed by atoms with van der Waals surface area (Å²) in [6, 6.07) is 3.44. The van der Waals surface area contributed by atoms with E-state index in [1.165, 1.54) is 6.20 Å². The van der Waals surface area contributed by atoms with Crippen molar-refractivity contribution in [2.45, 2.75) is 37.8 Å². The number of nitrogens with zero attached hydrogens (tertiary/aromatic N) is 2. The van der Waals surface area contributed by atoms with Crippen molar-refractivity contribution in [1.82, 2.24) is 10.3 Å². The number of carbonyl (C=O) groups excluding carboxylic acids is 1. The van der Waals surface area contributed by atoms with Crippen molar-refractivity contribution in [3.05, 3.63) is 33.9 Å². The van der Waals surface area contributed by atoms with Crippen molar-refractivity contribution in [1.29, 1.82) is 5.26 Å². The number of anilines is 1. The van der Waals surface area contributed by atoms with E-state index in [2.05, 4.69) is 16.4 Å². The van der Waals surface area contributed by atoms with Gasteiger partial charge in [0, 0.05) is 25.3 Å². The molecule has 3 heterocycles. The van der Waals surface area contributed by atoms with E-state index in [-0.39, 0.29) is 40.0 Å². The molecule has 2 N–H and O–H groups in total. The summed E-state index contributed by atoms with van der Waals surface area (Å²) in [6.45, 7) is 2.22. The molecular formula is C21H21FN4O4. The Balaban J connectivity index is 1.51. The van der Waals surface area contributed by atoms with Crippen LogP contribution in [0, 0.1) is 23.1 Å². The molecule has 1 saturated carbocycles. The summed E-state index contributed by atoms with van der Waals surface area (Å²) in [4.78, 5) is 29.3. The Bertz CT molecular complexity index is 1110.